The van der Waals surface area contributed by atoms with Gasteiger partial charge in [0.15, 0.2) is 0 Å². The van der Waals surface area contributed by atoms with E-state index in [0.29, 0.717) is 22.2 Å². The number of benzene rings is 2. The predicted molar refractivity (Wildman–Crippen MR) is 84.0 cm³/mol. The van der Waals surface area contributed by atoms with Crippen molar-refractivity contribution in [1.29, 1.82) is 0 Å². The maximum absolute atomic E-state index is 9.85. The van der Waals surface area contributed by atoms with E-state index in [1.165, 1.54) is 0 Å². The number of halogens is 1. The molecule has 0 amide bonds. The van der Waals surface area contributed by atoms with Gasteiger partial charge in [-0.25, -0.2) is 0 Å². The van der Waals surface area contributed by atoms with Crippen molar-refractivity contribution in [2.75, 3.05) is 18.9 Å². The molecule has 1 unspecified atom stereocenters. The molecule has 0 aliphatic rings. The van der Waals surface area contributed by atoms with Crippen molar-refractivity contribution in [1.82, 2.24) is 0 Å². The molecule has 5 heteroatoms. The van der Waals surface area contributed by atoms with Gasteiger partial charge in [0, 0.05) is 10.7 Å². The zero-order valence-corrected chi connectivity index (χ0v) is 12.5. The van der Waals surface area contributed by atoms with Gasteiger partial charge >= 0.3 is 0 Å². The van der Waals surface area contributed by atoms with Gasteiger partial charge < -0.3 is 20.3 Å². The number of aliphatic hydroxyl groups excluding tert-OH is 1. The second-order valence-corrected chi connectivity index (χ2v) is 5.16. The molecule has 2 aromatic carbocycles. The highest BCUT2D eigenvalue weighted by atomic mass is 35.5. The standard InChI is InChI=1S/C16H18ClNO3/c1-11-8-15(6-7-16(11)17)21-10-13(19)9-20-14-4-2-12(18)3-5-14/h2-8,13,19H,9-10,18H2,1H3. The van der Waals surface area contributed by atoms with E-state index in [2.05, 4.69) is 0 Å². The smallest absolute Gasteiger partial charge is 0.122 e. The minimum atomic E-state index is -0.724. The molecule has 0 spiro atoms. The Labute approximate surface area is 129 Å². The van der Waals surface area contributed by atoms with Gasteiger partial charge in [0.2, 0.25) is 0 Å². The van der Waals surface area contributed by atoms with Crippen LogP contribution in [0.1, 0.15) is 5.56 Å². The van der Waals surface area contributed by atoms with Crippen LogP contribution in [-0.2, 0) is 0 Å². The minimum absolute atomic E-state index is 0.149. The molecule has 3 N–H and O–H groups in total. The lowest BCUT2D eigenvalue weighted by atomic mass is 10.2. The Kier molecular flexibility index (Phi) is 5.31. The molecular formula is C16H18ClNO3. The normalized spacial score (nSPS) is 12.0. The van der Waals surface area contributed by atoms with Gasteiger partial charge in [0.25, 0.3) is 0 Å². The topological polar surface area (TPSA) is 64.7 Å². The van der Waals surface area contributed by atoms with Crippen molar-refractivity contribution in [3.05, 3.63) is 53.1 Å². The summed E-state index contributed by atoms with van der Waals surface area (Å²) in [6, 6.07) is 12.4. The van der Waals surface area contributed by atoms with Gasteiger partial charge in [-0.05, 0) is 55.0 Å². The molecule has 2 aromatic rings. The minimum Gasteiger partial charge on any atom is -0.491 e. The highest BCUT2D eigenvalue weighted by Crippen LogP contribution is 2.21. The number of aryl methyl sites for hydroxylation is 1. The molecule has 4 nitrogen and oxygen atoms in total. The molecule has 0 aromatic heterocycles. The second kappa shape index (κ2) is 7.20. The predicted octanol–water partition coefficient (Wildman–Crippen LogP) is 3.05. The quantitative estimate of drug-likeness (QED) is 0.805. The Hall–Kier alpha value is -1.91. The molecule has 112 valence electrons. The van der Waals surface area contributed by atoms with Crippen LogP contribution in [0, 0.1) is 6.92 Å². The molecule has 2 rings (SSSR count). The van der Waals surface area contributed by atoms with Crippen LogP contribution in [0.5, 0.6) is 11.5 Å². The SMILES string of the molecule is Cc1cc(OCC(O)COc2ccc(N)cc2)ccc1Cl. The summed E-state index contributed by atoms with van der Waals surface area (Å²) in [5, 5.41) is 10.5. The largest absolute Gasteiger partial charge is 0.491 e. The number of hydrogen-bond acceptors (Lipinski definition) is 4. The average Bonchev–Trinajstić information content (AvgIpc) is 2.48. The molecule has 0 aliphatic carbocycles. The van der Waals surface area contributed by atoms with E-state index in [9.17, 15) is 5.11 Å². The van der Waals surface area contributed by atoms with E-state index in [-0.39, 0.29) is 13.2 Å². The third kappa shape index (κ3) is 4.85. The van der Waals surface area contributed by atoms with E-state index in [1.807, 2.05) is 13.0 Å². The molecule has 1 atom stereocenters. The fraction of sp³-hybridized carbons (Fsp3) is 0.250. The van der Waals surface area contributed by atoms with Gasteiger partial charge in [-0.2, -0.15) is 0 Å². The summed E-state index contributed by atoms with van der Waals surface area (Å²) in [5.41, 5.74) is 7.19. The first-order valence-electron chi connectivity index (χ1n) is 6.60. The van der Waals surface area contributed by atoms with E-state index >= 15 is 0 Å². The summed E-state index contributed by atoms with van der Waals surface area (Å²) >= 11 is 5.94. The molecule has 0 saturated heterocycles. The lowest BCUT2D eigenvalue weighted by molar-refractivity contribution is 0.0626. The molecule has 0 heterocycles. The van der Waals surface area contributed by atoms with Crippen LogP contribution in [0.15, 0.2) is 42.5 Å². The molecule has 0 radical (unpaired) electrons. The Morgan fingerprint density at radius 3 is 2.24 bits per heavy atom. The van der Waals surface area contributed by atoms with E-state index in [1.54, 1.807) is 36.4 Å². The average molecular weight is 308 g/mol. The molecule has 21 heavy (non-hydrogen) atoms. The maximum atomic E-state index is 9.85. The Balaban J connectivity index is 1.77. The summed E-state index contributed by atoms with van der Waals surface area (Å²) < 4.78 is 10.9. The first-order valence-corrected chi connectivity index (χ1v) is 6.98. The van der Waals surface area contributed by atoms with Crippen LogP contribution in [0.4, 0.5) is 5.69 Å². The van der Waals surface area contributed by atoms with Gasteiger partial charge in [0.1, 0.15) is 30.8 Å². The van der Waals surface area contributed by atoms with Crippen LogP contribution in [0.2, 0.25) is 5.02 Å². The first kappa shape index (κ1) is 15.5. The summed E-state index contributed by atoms with van der Waals surface area (Å²) in [5.74, 6) is 1.33. The molecule has 0 bridgehead atoms. The van der Waals surface area contributed by atoms with E-state index < -0.39 is 6.10 Å². The zero-order valence-electron chi connectivity index (χ0n) is 11.8. The van der Waals surface area contributed by atoms with Crippen LogP contribution < -0.4 is 15.2 Å². The monoisotopic (exact) mass is 307 g/mol. The molecule has 0 saturated carbocycles. The third-order valence-electron chi connectivity index (χ3n) is 2.89. The number of ether oxygens (including phenoxy) is 2. The van der Waals surface area contributed by atoms with Crippen LogP contribution in [-0.4, -0.2) is 24.4 Å². The van der Waals surface area contributed by atoms with Crippen LogP contribution in [0.3, 0.4) is 0 Å². The van der Waals surface area contributed by atoms with Crippen molar-refractivity contribution in [2.24, 2.45) is 0 Å². The summed E-state index contributed by atoms with van der Waals surface area (Å²) in [6.07, 6.45) is -0.724. The first-order chi connectivity index (χ1) is 10.0. The van der Waals surface area contributed by atoms with Crippen molar-refractivity contribution in [3.63, 3.8) is 0 Å². The van der Waals surface area contributed by atoms with Crippen LogP contribution >= 0.6 is 11.6 Å². The third-order valence-corrected chi connectivity index (χ3v) is 3.32. The van der Waals surface area contributed by atoms with Crippen LogP contribution in [0.25, 0.3) is 0 Å². The Bertz CT molecular complexity index is 587. The summed E-state index contributed by atoms with van der Waals surface area (Å²) in [6.45, 7) is 2.20. The Morgan fingerprint density at radius 1 is 1.05 bits per heavy atom. The number of aliphatic hydroxyl groups is 1. The molecular weight excluding hydrogens is 290 g/mol. The van der Waals surface area contributed by atoms with Crippen molar-refractivity contribution < 1.29 is 14.6 Å². The fourth-order valence-electron chi connectivity index (χ4n) is 1.70. The highest BCUT2D eigenvalue weighted by molar-refractivity contribution is 6.31. The van der Waals surface area contributed by atoms with E-state index in [0.717, 1.165) is 5.56 Å². The molecule has 0 aliphatic heterocycles. The van der Waals surface area contributed by atoms with Gasteiger partial charge in [-0.15, -0.1) is 0 Å². The summed E-state index contributed by atoms with van der Waals surface area (Å²) in [7, 11) is 0. The number of hydrogen-bond donors (Lipinski definition) is 2. The zero-order chi connectivity index (χ0) is 15.2. The number of nitrogens with two attached hydrogens (primary N) is 1. The van der Waals surface area contributed by atoms with Crippen molar-refractivity contribution >= 4 is 17.3 Å². The number of anilines is 1. The second-order valence-electron chi connectivity index (χ2n) is 4.76. The van der Waals surface area contributed by atoms with Gasteiger partial charge in [-0.1, -0.05) is 11.6 Å². The highest BCUT2D eigenvalue weighted by Gasteiger charge is 2.07. The number of nitrogen functional groups attached to an aromatic ring is 1. The lowest BCUT2D eigenvalue weighted by Gasteiger charge is -2.14. The van der Waals surface area contributed by atoms with E-state index in [4.69, 9.17) is 26.8 Å². The van der Waals surface area contributed by atoms with Gasteiger partial charge in [0.05, 0.1) is 0 Å². The Morgan fingerprint density at radius 2 is 1.62 bits per heavy atom. The fourth-order valence-corrected chi connectivity index (χ4v) is 1.82. The van der Waals surface area contributed by atoms with Crippen molar-refractivity contribution in [2.45, 2.75) is 13.0 Å². The van der Waals surface area contributed by atoms with Gasteiger partial charge in [-0.3, -0.25) is 0 Å². The maximum Gasteiger partial charge on any atom is 0.122 e. The molecule has 0 fully saturated rings. The number of rotatable bonds is 6. The lowest BCUT2D eigenvalue weighted by Crippen LogP contribution is -2.25. The van der Waals surface area contributed by atoms with Crippen molar-refractivity contribution in [3.8, 4) is 11.5 Å². The summed E-state index contributed by atoms with van der Waals surface area (Å²) in [4.78, 5) is 0.